The molecule has 1 aromatic rings. The van der Waals surface area contributed by atoms with Crippen molar-refractivity contribution in [2.45, 2.75) is 13.3 Å². The molecule has 82 valence electrons. The molecule has 0 atom stereocenters. The van der Waals surface area contributed by atoms with Gasteiger partial charge in [0.1, 0.15) is 0 Å². The van der Waals surface area contributed by atoms with Gasteiger partial charge in [-0.15, -0.1) is 0 Å². The Balaban J connectivity index is 1.62. The highest BCUT2D eigenvalue weighted by Crippen LogP contribution is 2.04. The molecule has 2 rings (SSSR count). The maximum absolute atomic E-state index is 3.51. The molecule has 0 unspecified atom stereocenters. The maximum atomic E-state index is 3.51. The summed E-state index contributed by atoms with van der Waals surface area (Å²) in [6.45, 7) is 6.78. The zero-order valence-corrected chi connectivity index (χ0v) is 9.42. The Kier molecular flexibility index (Phi) is 3.75. The average Bonchev–Trinajstić information content (AvgIpc) is 2.18. The Morgan fingerprint density at radius 2 is 2.00 bits per heavy atom. The molecule has 1 heterocycles. The van der Waals surface area contributed by atoms with Crippen LogP contribution in [0.2, 0.25) is 0 Å². The first-order valence-corrected chi connectivity index (χ1v) is 5.81. The van der Waals surface area contributed by atoms with E-state index in [9.17, 15) is 0 Å². The molecule has 15 heavy (non-hydrogen) atoms. The highest BCUT2D eigenvalue weighted by molar-refractivity contribution is 5.21. The molecule has 1 aromatic carbocycles. The van der Waals surface area contributed by atoms with Crippen LogP contribution in [0.1, 0.15) is 11.1 Å². The Morgan fingerprint density at radius 3 is 2.60 bits per heavy atom. The monoisotopic (exact) mass is 204 g/mol. The number of benzene rings is 1. The van der Waals surface area contributed by atoms with Crippen molar-refractivity contribution in [3.05, 3.63) is 35.4 Å². The molecule has 0 amide bonds. The smallest absolute Gasteiger partial charge is 0.000394 e. The summed E-state index contributed by atoms with van der Waals surface area (Å²) in [5, 5.41) is 6.80. The van der Waals surface area contributed by atoms with Crippen molar-refractivity contribution in [1.29, 1.82) is 0 Å². The first-order valence-electron chi connectivity index (χ1n) is 5.81. The molecule has 2 heteroatoms. The minimum absolute atomic E-state index is 0.864. The second-order valence-electron chi connectivity index (χ2n) is 4.46. The van der Waals surface area contributed by atoms with Gasteiger partial charge in [0, 0.05) is 19.6 Å². The molecule has 1 aliphatic rings. The van der Waals surface area contributed by atoms with Crippen molar-refractivity contribution in [3.63, 3.8) is 0 Å². The van der Waals surface area contributed by atoms with E-state index in [2.05, 4.69) is 41.8 Å². The van der Waals surface area contributed by atoms with Gasteiger partial charge in [-0.1, -0.05) is 29.8 Å². The van der Waals surface area contributed by atoms with Crippen LogP contribution < -0.4 is 10.6 Å². The predicted octanol–water partition coefficient (Wildman–Crippen LogP) is 1.35. The topological polar surface area (TPSA) is 24.1 Å². The second kappa shape index (κ2) is 5.29. The van der Waals surface area contributed by atoms with Gasteiger partial charge < -0.3 is 10.6 Å². The summed E-state index contributed by atoms with van der Waals surface area (Å²) in [5.74, 6) is 0.864. The van der Waals surface area contributed by atoms with Crippen LogP contribution in [0.15, 0.2) is 24.3 Å². The molecular formula is C13H20N2. The zero-order valence-electron chi connectivity index (χ0n) is 9.42. The van der Waals surface area contributed by atoms with Crippen molar-refractivity contribution in [3.8, 4) is 0 Å². The number of nitrogens with one attached hydrogen (secondary N) is 2. The van der Waals surface area contributed by atoms with Crippen LogP contribution in [0, 0.1) is 12.8 Å². The number of hydrogen-bond acceptors (Lipinski definition) is 2. The lowest BCUT2D eigenvalue weighted by Crippen LogP contribution is -2.47. The highest BCUT2D eigenvalue weighted by Gasteiger charge is 2.14. The fraction of sp³-hybridized carbons (Fsp3) is 0.538. The highest BCUT2D eigenvalue weighted by atomic mass is 15.0. The fourth-order valence-electron chi connectivity index (χ4n) is 1.79. The molecule has 1 saturated heterocycles. The summed E-state index contributed by atoms with van der Waals surface area (Å²) in [5.41, 5.74) is 2.77. The van der Waals surface area contributed by atoms with Gasteiger partial charge in [0.2, 0.25) is 0 Å². The summed E-state index contributed by atoms with van der Waals surface area (Å²) in [7, 11) is 0. The van der Waals surface area contributed by atoms with Crippen molar-refractivity contribution in [2.75, 3.05) is 26.2 Å². The van der Waals surface area contributed by atoms with E-state index in [4.69, 9.17) is 0 Å². The number of hydrogen-bond donors (Lipinski definition) is 2. The van der Waals surface area contributed by atoms with E-state index in [-0.39, 0.29) is 0 Å². The number of rotatable bonds is 5. The van der Waals surface area contributed by atoms with Crippen LogP contribution >= 0.6 is 0 Å². The zero-order chi connectivity index (χ0) is 10.5. The van der Waals surface area contributed by atoms with Gasteiger partial charge in [-0.3, -0.25) is 0 Å². The molecule has 0 saturated carbocycles. The molecule has 2 nitrogen and oxygen atoms in total. The van der Waals surface area contributed by atoms with Gasteiger partial charge in [0.25, 0.3) is 0 Å². The fourth-order valence-corrected chi connectivity index (χ4v) is 1.79. The SMILES string of the molecule is Cc1ccc(CCNCC2CNC2)cc1. The molecular weight excluding hydrogens is 184 g/mol. The standard InChI is InChI=1S/C13H20N2/c1-11-2-4-12(5-3-11)6-7-14-8-13-9-15-10-13/h2-5,13-15H,6-10H2,1H3. The van der Waals surface area contributed by atoms with Gasteiger partial charge in [0.05, 0.1) is 0 Å². The Hall–Kier alpha value is -0.860. The third-order valence-corrected chi connectivity index (χ3v) is 3.01. The summed E-state index contributed by atoms with van der Waals surface area (Å²) < 4.78 is 0. The Morgan fingerprint density at radius 1 is 1.27 bits per heavy atom. The van der Waals surface area contributed by atoms with Crippen LogP contribution in [0.25, 0.3) is 0 Å². The van der Waals surface area contributed by atoms with Crippen LogP contribution in [-0.2, 0) is 6.42 Å². The first kappa shape index (κ1) is 10.7. The number of aryl methyl sites for hydroxylation is 1. The predicted molar refractivity (Wildman–Crippen MR) is 64.1 cm³/mol. The van der Waals surface area contributed by atoms with Gasteiger partial charge in [-0.25, -0.2) is 0 Å². The van der Waals surface area contributed by atoms with E-state index in [0.717, 1.165) is 18.9 Å². The largest absolute Gasteiger partial charge is 0.316 e. The van der Waals surface area contributed by atoms with E-state index in [1.165, 1.54) is 30.8 Å². The Labute approximate surface area is 92.1 Å². The summed E-state index contributed by atoms with van der Waals surface area (Å²) in [6, 6.07) is 8.82. The average molecular weight is 204 g/mol. The lowest BCUT2D eigenvalue weighted by molar-refractivity contribution is 0.333. The molecule has 2 N–H and O–H groups in total. The maximum Gasteiger partial charge on any atom is 0.000394 e. The van der Waals surface area contributed by atoms with E-state index >= 15 is 0 Å². The quantitative estimate of drug-likeness (QED) is 0.707. The van der Waals surface area contributed by atoms with Gasteiger partial charge >= 0.3 is 0 Å². The molecule has 0 bridgehead atoms. The van der Waals surface area contributed by atoms with Gasteiger partial charge in [-0.05, 0) is 31.4 Å². The molecule has 1 aliphatic heterocycles. The van der Waals surface area contributed by atoms with Crippen molar-refractivity contribution in [2.24, 2.45) is 5.92 Å². The summed E-state index contributed by atoms with van der Waals surface area (Å²) in [4.78, 5) is 0. The van der Waals surface area contributed by atoms with Gasteiger partial charge in [-0.2, -0.15) is 0 Å². The normalized spacial score (nSPS) is 16.3. The molecule has 0 radical (unpaired) electrons. The Bertz CT molecular complexity index is 288. The summed E-state index contributed by atoms with van der Waals surface area (Å²) >= 11 is 0. The minimum Gasteiger partial charge on any atom is -0.316 e. The second-order valence-corrected chi connectivity index (χ2v) is 4.46. The van der Waals surface area contributed by atoms with Crippen molar-refractivity contribution in [1.82, 2.24) is 10.6 Å². The van der Waals surface area contributed by atoms with E-state index < -0.39 is 0 Å². The molecule has 1 fully saturated rings. The third-order valence-electron chi connectivity index (χ3n) is 3.01. The molecule has 0 spiro atoms. The van der Waals surface area contributed by atoms with Crippen LogP contribution in [-0.4, -0.2) is 26.2 Å². The third kappa shape index (κ3) is 3.33. The van der Waals surface area contributed by atoms with E-state index in [1.54, 1.807) is 0 Å². The van der Waals surface area contributed by atoms with E-state index in [0.29, 0.717) is 0 Å². The van der Waals surface area contributed by atoms with E-state index in [1.807, 2.05) is 0 Å². The molecule has 0 aliphatic carbocycles. The lowest BCUT2D eigenvalue weighted by atomic mass is 10.0. The van der Waals surface area contributed by atoms with Gasteiger partial charge in [0.15, 0.2) is 0 Å². The van der Waals surface area contributed by atoms with Crippen molar-refractivity contribution < 1.29 is 0 Å². The van der Waals surface area contributed by atoms with Crippen LogP contribution in [0.4, 0.5) is 0 Å². The molecule has 0 aromatic heterocycles. The summed E-state index contributed by atoms with van der Waals surface area (Å²) in [6.07, 6.45) is 1.14. The van der Waals surface area contributed by atoms with Crippen LogP contribution in [0.5, 0.6) is 0 Å². The van der Waals surface area contributed by atoms with Crippen LogP contribution in [0.3, 0.4) is 0 Å². The minimum atomic E-state index is 0.864. The first-order chi connectivity index (χ1) is 7.34. The van der Waals surface area contributed by atoms with Crippen molar-refractivity contribution >= 4 is 0 Å². The lowest BCUT2D eigenvalue weighted by Gasteiger charge is -2.27.